The predicted molar refractivity (Wildman–Crippen MR) is 131 cm³/mol. The van der Waals surface area contributed by atoms with E-state index in [1.807, 2.05) is 4.72 Å². The fraction of sp³-hybridized carbons (Fsp3) is 0.292. The molecule has 2 aromatic rings. The molecule has 8 nitrogen and oxygen atoms in total. The minimum Gasteiger partial charge on any atom is -0.396 e. The summed E-state index contributed by atoms with van der Waals surface area (Å²) in [5.74, 6) is -0.238. The SMILES string of the molecule is C#Cc1cc(CNC(=O)C=Cc2ccc(C(F)(F)F)nc2C(=N)C(CC)CO)cc(F)c1NS(C)(=O)=O. The van der Waals surface area contributed by atoms with Crippen LogP contribution >= 0.6 is 0 Å². The number of sulfonamides is 1. The summed E-state index contributed by atoms with van der Waals surface area (Å²) >= 11 is 0. The molecule has 0 fully saturated rings. The molecular formula is C24H24F4N4O4S. The van der Waals surface area contributed by atoms with Gasteiger partial charge in [-0.25, -0.2) is 17.8 Å². The number of aliphatic hydroxyl groups is 1. The molecule has 37 heavy (non-hydrogen) atoms. The van der Waals surface area contributed by atoms with Crippen molar-refractivity contribution in [2.75, 3.05) is 17.6 Å². The number of aromatic nitrogens is 1. The van der Waals surface area contributed by atoms with E-state index in [1.165, 1.54) is 12.1 Å². The van der Waals surface area contributed by atoms with Crippen LogP contribution in [0.3, 0.4) is 0 Å². The number of carbonyl (C=O) groups excluding carboxylic acids is 1. The molecule has 1 atom stereocenters. The highest BCUT2D eigenvalue weighted by Gasteiger charge is 2.33. The fourth-order valence-electron chi connectivity index (χ4n) is 3.18. The van der Waals surface area contributed by atoms with Crippen LogP contribution in [0.2, 0.25) is 0 Å². The van der Waals surface area contributed by atoms with E-state index in [2.05, 4.69) is 16.2 Å². The molecule has 0 aliphatic carbocycles. The van der Waals surface area contributed by atoms with Gasteiger partial charge < -0.3 is 15.8 Å². The largest absolute Gasteiger partial charge is 0.433 e. The summed E-state index contributed by atoms with van der Waals surface area (Å²) in [5.41, 5.74) is -2.07. The second-order valence-corrected chi connectivity index (χ2v) is 9.65. The molecule has 1 aromatic heterocycles. The van der Waals surface area contributed by atoms with Crippen molar-refractivity contribution in [3.8, 4) is 12.3 Å². The predicted octanol–water partition coefficient (Wildman–Crippen LogP) is 3.31. The second kappa shape index (κ2) is 12.0. The van der Waals surface area contributed by atoms with E-state index in [4.69, 9.17) is 11.8 Å². The number of aliphatic hydroxyl groups excluding tert-OH is 1. The monoisotopic (exact) mass is 540 g/mol. The maximum Gasteiger partial charge on any atom is 0.433 e. The van der Waals surface area contributed by atoms with E-state index >= 15 is 0 Å². The van der Waals surface area contributed by atoms with Gasteiger partial charge >= 0.3 is 6.18 Å². The van der Waals surface area contributed by atoms with Gasteiger partial charge in [-0.05, 0) is 36.3 Å². The van der Waals surface area contributed by atoms with Crippen molar-refractivity contribution in [2.45, 2.75) is 26.1 Å². The Kier molecular flexibility index (Phi) is 9.55. The number of amides is 1. The van der Waals surface area contributed by atoms with Crippen LogP contribution < -0.4 is 10.0 Å². The first-order valence-corrected chi connectivity index (χ1v) is 12.6. The molecule has 0 saturated heterocycles. The molecule has 1 aromatic carbocycles. The molecule has 2 rings (SSSR count). The number of terminal acetylenes is 1. The number of benzene rings is 1. The van der Waals surface area contributed by atoms with E-state index in [9.17, 15) is 35.9 Å². The fourth-order valence-corrected chi connectivity index (χ4v) is 3.76. The highest BCUT2D eigenvalue weighted by molar-refractivity contribution is 7.92. The van der Waals surface area contributed by atoms with Crippen LogP contribution in [0.15, 0.2) is 30.3 Å². The first kappa shape index (κ1) is 29.5. The Morgan fingerprint density at radius 1 is 1.32 bits per heavy atom. The number of alkyl halides is 3. The van der Waals surface area contributed by atoms with E-state index in [1.54, 1.807) is 6.92 Å². The molecule has 0 bridgehead atoms. The summed E-state index contributed by atoms with van der Waals surface area (Å²) in [6, 6.07) is 4.07. The normalized spacial score (nSPS) is 12.7. The number of carbonyl (C=O) groups is 1. The third-order valence-electron chi connectivity index (χ3n) is 5.07. The Bertz CT molecular complexity index is 1360. The number of hydrogen-bond donors (Lipinski definition) is 4. The Morgan fingerprint density at radius 3 is 2.54 bits per heavy atom. The summed E-state index contributed by atoms with van der Waals surface area (Å²) in [7, 11) is -3.80. The van der Waals surface area contributed by atoms with Crippen molar-refractivity contribution in [1.82, 2.24) is 10.3 Å². The van der Waals surface area contributed by atoms with Crippen molar-refractivity contribution >= 4 is 33.4 Å². The van der Waals surface area contributed by atoms with Crippen molar-refractivity contribution < 1.29 is 35.9 Å². The molecule has 1 heterocycles. The van der Waals surface area contributed by atoms with E-state index in [0.29, 0.717) is 6.07 Å². The molecule has 1 amide bonds. The smallest absolute Gasteiger partial charge is 0.396 e. The van der Waals surface area contributed by atoms with Crippen LogP contribution in [0.4, 0.5) is 23.2 Å². The number of nitrogens with zero attached hydrogens (tertiary/aromatic N) is 1. The van der Waals surface area contributed by atoms with Gasteiger partial charge in [-0.1, -0.05) is 18.9 Å². The van der Waals surface area contributed by atoms with Crippen molar-refractivity contribution in [3.63, 3.8) is 0 Å². The number of anilines is 1. The summed E-state index contributed by atoms with van der Waals surface area (Å²) < 4.78 is 78.7. The second-order valence-electron chi connectivity index (χ2n) is 7.90. The minimum absolute atomic E-state index is 0.0527. The lowest BCUT2D eigenvalue weighted by molar-refractivity contribution is -0.141. The van der Waals surface area contributed by atoms with Crippen LogP contribution in [0.5, 0.6) is 0 Å². The Balaban J connectivity index is 2.26. The summed E-state index contributed by atoms with van der Waals surface area (Å²) in [4.78, 5) is 15.9. The van der Waals surface area contributed by atoms with Crippen LogP contribution in [0, 0.1) is 29.5 Å². The number of halogens is 4. The summed E-state index contributed by atoms with van der Waals surface area (Å²) in [6.45, 7) is 0.986. The first-order chi connectivity index (χ1) is 17.2. The Morgan fingerprint density at radius 2 is 2.00 bits per heavy atom. The maximum atomic E-state index is 14.4. The lowest BCUT2D eigenvalue weighted by Gasteiger charge is -2.16. The molecular weight excluding hydrogens is 516 g/mol. The Hall–Kier alpha value is -3.76. The minimum atomic E-state index is -4.76. The van der Waals surface area contributed by atoms with Gasteiger partial charge in [0.05, 0.1) is 35.5 Å². The maximum absolute atomic E-state index is 14.4. The molecule has 13 heteroatoms. The van der Waals surface area contributed by atoms with Gasteiger partial charge in [-0.2, -0.15) is 13.2 Å². The van der Waals surface area contributed by atoms with Crippen molar-refractivity contribution in [3.05, 3.63) is 64.2 Å². The summed E-state index contributed by atoms with van der Waals surface area (Å²) in [5, 5.41) is 20.1. The zero-order valence-electron chi connectivity index (χ0n) is 19.8. The lowest BCUT2D eigenvalue weighted by Crippen LogP contribution is -2.22. The van der Waals surface area contributed by atoms with Crippen LogP contribution in [-0.4, -0.2) is 43.0 Å². The average Bonchev–Trinajstić information content (AvgIpc) is 2.82. The van der Waals surface area contributed by atoms with E-state index in [0.717, 1.165) is 24.5 Å². The standard InChI is InChI=1S/C24H24F4N4O4S/c1-4-15-10-14(11-18(25)22(15)32-37(3,35)36)12-30-20(34)9-7-17-6-8-19(24(26,27)28)31-23(17)21(29)16(5-2)13-33/h1,6-11,16,29,32-33H,5,12-13H2,2-3H3,(H,30,34). The molecule has 0 radical (unpaired) electrons. The molecule has 0 aliphatic rings. The van der Waals surface area contributed by atoms with Gasteiger partial charge in [0.1, 0.15) is 11.5 Å². The first-order valence-electron chi connectivity index (χ1n) is 10.7. The number of rotatable bonds is 10. The highest BCUT2D eigenvalue weighted by Crippen LogP contribution is 2.29. The Labute approximate surface area is 211 Å². The van der Waals surface area contributed by atoms with Gasteiger partial charge in [0, 0.05) is 24.1 Å². The number of pyridine rings is 1. The van der Waals surface area contributed by atoms with Crippen molar-refractivity contribution in [1.29, 1.82) is 5.41 Å². The van der Waals surface area contributed by atoms with Crippen LogP contribution in [0.1, 0.15) is 41.4 Å². The van der Waals surface area contributed by atoms with E-state index in [-0.39, 0.29) is 41.1 Å². The molecule has 0 aliphatic heterocycles. The molecule has 1 unspecified atom stereocenters. The third kappa shape index (κ3) is 8.12. The zero-order chi connectivity index (χ0) is 28.0. The quantitative estimate of drug-likeness (QED) is 0.159. The van der Waals surface area contributed by atoms with Gasteiger partial charge in [0.2, 0.25) is 15.9 Å². The van der Waals surface area contributed by atoms with Gasteiger partial charge in [-0.3, -0.25) is 9.52 Å². The van der Waals surface area contributed by atoms with Crippen molar-refractivity contribution in [2.24, 2.45) is 5.92 Å². The van der Waals surface area contributed by atoms with E-state index < -0.39 is 51.8 Å². The number of hydrogen-bond acceptors (Lipinski definition) is 6. The number of nitrogens with one attached hydrogen (secondary N) is 3. The molecule has 198 valence electrons. The van der Waals surface area contributed by atoms with Crippen LogP contribution in [-0.2, 0) is 27.5 Å². The van der Waals surface area contributed by atoms with Crippen LogP contribution in [0.25, 0.3) is 6.08 Å². The van der Waals surface area contributed by atoms with Gasteiger partial charge in [0.25, 0.3) is 0 Å². The lowest BCUT2D eigenvalue weighted by atomic mass is 9.95. The topological polar surface area (TPSA) is 132 Å². The molecule has 0 saturated carbocycles. The highest BCUT2D eigenvalue weighted by atomic mass is 32.2. The zero-order valence-corrected chi connectivity index (χ0v) is 20.6. The average molecular weight is 541 g/mol. The summed E-state index contributed by atoms with van der Waals surface area (Å²) in [6.07, 6.45) is 3.86. The van der Waals surface area contributed by atoms with Gasteiger partial charge in [-0.15, -0.1) is 6.42 Å². The van der Waals surface area contributed by atoms with Gasteiger partial charge in [0.15, 0.2) is 0 Å². The molecule has 4 N–H and O–H groups in total. The third-order valence-corrected chi connectivity index (χ3v) is 5.64. The molecule has 0 spiro atoms.